The molecule has 1 heterocycles. The second-order valence-electron chi connectivity index (χ2n) is 4.68. The number of ether oxygens (including phenoxy) is 2. The van der Waals surface area contributed by atoms with E-state index in [1.807, 2.05) is 26.0 Å². The first-order valence-electron chi connectivity index (χ1n) is 6.57. The van der Waals surface area contributed by atoms with Crippen molar-refractivity contribution in [1.29, 1.82) is 0 Å². The molecule has 0 radical (unpaired) electrons. The quantitative estimate of drug-likeness (QED) is 0.624. The third-order valence-corrected chi connectivity index (χ3v) is 4.13. The number of nitrogens with zero attached hydrogens (tertiary/aromatic N) is 2. The minimum Gasteiger partial charge on any atom is -0.493 e. The Morgan fingerprint density at radius 1 is 1.41 bits per heavy atom. The molecule has 22 heavy (non-hydrogen) atoms. The normalized spacial score (nSPS) is 16.6. The molecule has 1 amide bonds. The number of halogens is 1. The molecule has 0 saturated carbocycles. The molecule has 0 atom stereocenters. The minimum absolute atomic E-state index is 0.0507. The maximum Gasteiger partial charge on any atom is 0.236 e. The average Bonchev–Trinajstić information content (AvgIpc) is 2.86. The lowest BCUT2D eigenvalue weighted by Gasteiger charge is -2.14. The Morgan fingerprint density at radius 2 is 2.18 bits per heavy atom. The van der Waals surface area contributed by atoms with Crippen molar-refractivity contribution < 1.29 is 14.3 Å². The number of amidine groups is 1. The maximum absolute atomic E-state index is 11.0. The number of rotatable bonds is 5. The average molecular weight is 386 g/mol. The lowest BCUT2D eigenvalue weighted by molar-refractivity contribution is -0.116. The Hall–Kier alpha value is -1.54. The molecular formula is C14H16BrN3O3S. The summed E-state index contributed by atoms with van der Waals surface area (Å²) < 4.78 is 11.8. The van der Waals surface area contributed by atoms with Crippen LogP contribution >= 0.6 is 27.7 Å². The number of carbonyl (C=O) groups excluding carboxylic acids is 1. The Bertz CT molecular complexity index is 632. The van der Waals surface area contributed by atoms with Gasteiger partial charge in [-0.15, -0.1) is 5.10 Å². The van der Waals surface area contributed by atoms with E-state index in [9.17, 15) is 4.79 Å². The number of hydrogen-bond acceptors (Lipinski definition) is 6. The van der Waals surface area contributed by atoms with Crippen molar-refractivity contribution >= 4 is 45.0 Å². The Kier molecular flexibility index (Phi) is 5.84. The van der Waals surface area contributed by atoms with E-state index in [1.165, 1.54) is 11.8 Å². The van der Waals surface area contributed by atoms with Crippen molar-refractivity contribution in [3.63, 3.8) is 0 Å². The van der Waals surface area contributed by atoms with Gasteiger partial charge in [-0.1, -0.05) is 11.8 Å². The summed E-state index contributed by atoms with van der Waals surface area (Å²) in [6.07, 6.45) is 1.64. The van der Waals surface area contributed by atoms with Crippen LogP contribution in [0.1, 0.15) is 19.4 Å². The van der Waals surface area contributed by atoms with E-state index >= 15 is 0 Å². The van der Waals surface area contributed by atoms with Gasteiger partial charge in [0.15, 0.2) is 16.7 Å². The number of nitrogens with one attached hydrogen (secondary N) is 1. The fourth-order valence-corrected chi connectivity index (χ4v) is 2.73. The van der Waals surface area contributed by atoms with Crippen LogP contribution in [-0.4, -0.2) is 36.3 Å². The lowest BCUT2D eigenvalue weighted by atomic mass is 10.2. The predicted octanol–water partition coefficient (Wildman–Crippen LogP) is 2.80. The summed E-state index contributed by atoms with van der Waals surface area (Å²) in [6, 6.07) is 3.64. The molecule has 0 aliphatic carbocycles. The van der Waals surface area contributed by atoms with E-state index in [0.29, 0.717) is 22.4 Å². The smallest absolute Gasteiger partial charge is 0.236 e. The summed E-state index contributed by atoms with van der Waals surface area (Å²) in [5.74, 6) is 1.60. The molecule has 0 aromatic heterocycles. The molecule has 1 aromatic rings. The first-order chi connectivity index (χ1) is 10.5. The number of amides is 1. The summed E-state index contributed by atoms with van der Waals surface area (Å²) in [4.78, 5) is 11.0. The first-order valence-corrected chi connectivity index (χ1v) is 8.35. The molecule has 1 N–H and O–H groups in total. The van der Waals surface area contributed by atoms with Crippen molar-refractivity contribution in [2.24, 2.45) is 10.2 Å². The van der Waals surface area contributed by atoms with Gasteiger partial charge in [-0.25, -0.2) is 0 Å². The second kappa shape index (κ2) is 7.64. The van der Waals surface area contributed by atoms with Gasteiger partial charge in [0.2, 0.25) is 5.91 Å². The fraction of sp³-hybridized carbons (Fsp3) is 0.357. The molecule has 1 aliphatic rings. The van der Waals surface area contributed by atoms with Crippen molar-refractivity contribution in [1.82, 2.24) is 5.32 Å². The molecule has 8 heteroatoms. The molecule has 0 bridgehead atoms. The third-order valence-electron chi connectivity index (χ3n) is 2.58. The largest absolute Gasteiger partial charge is 0.493 e. The van der Waals surface area contributed by atoms with Gasteiger partial charge in [0.25, 0.3) is 0 Å². The minimum atomic E-state index is -0.0583. The van der Waals surface area contributed by atoms with Gasteiger partial charge in [-0.05, 0) is 41.9 Å². The summed E-state index contributed by atoms with van der Waals surface area (Å²) in [5, 5.41) is 11.1. The molecule has 1 aliphatic heterocycles. The van der Waals surface area contributed by atoms with Crippen molar-refractivity contribution in [3.8, 4) is 11.5 Å². The molecule has 0 unspecified atom stereocenters. The monoisotopic (exact) mass is 385 g/mol. The van der Waals surface area contributed by atoms with Crippen LogP contribution in [0.2, 0.25) is 0 Å². The van der Waals surface area contributed by atoms with Crippen LogP contribution in [0.4, 0.5) is 0 Å². The van der Waals surface area contributed by atoms with Crippen LogP contribution in [0, 0.1) is 0 Å². The topological polar surface area (TPSA) is 72.3 Å². The summed E-state index contributed by atoms with van der Waals surface area (Å²) >= 11 is 4.80. The van der Waals surface area contributed by atoms with E-state index < -0.39 is 0 Å². The summed E-state index contributed by atoms with van der Waals surface area (Å²) in [5.41, 5.74) is 0.798. The Morgan fingerprint density at radius 3 is 2.77 bits per heavy atom. The standard InChI is InChI=1S/C14H16BrN3O3S/c1-8(2)21-12-5-10(15)9(4-11(12)20-3)6-16-18-14-17-13(19)7-22-14/h4-6,8H,7H2,1-3H3,(H,17,18,19). The van der Waals surface area contributed by atoms with E-state index in [4.69, 9.17) is 9.47 Å². The van der Waals surface area contributed by atoms with Gasteiger partial charge in [-0.3, -0.25) is 4.79 Å². The van der Waals surface area contributed by atoms with Crippen LogP contribution < -0.4 is 14.8 Å². The van der Waals surface area contributed by atoms with Crippen LogP contribution in [0.15, 0.2) is 26.8 Å². The van der Waals surface area contributed by atoms with Crippen LogP contribution in [0.25, 0.3) is 0 Å². The Labute approximate surface area is 141 Å². The molecule has 1 fully saturated rings. The van der Waals surface area contributed by atoms with Crippen LogP contribution in [0.5, 0.6) is 11.5 Å². The highest BCUT2D eigenvalue weighted by atomic mass is 79.9. The van der Waals surface area contributed by atoms with E-state index in [2.05, 4.69) is 31.4 Å². The van der Waals surface area contributed by atoms with Gasteiger partial charge in [0.05, 0.1) is 25.2 Å². The second-order valence-corrected chi connectivity index (χ2v) is 6.50. The highest BCUT2D eigenvalue weighted by Crippen LogP contribution is 2.33. The van der Waals surface area contributed by atoms with Crippen molar-refractivity contribution in [3.05, 3.63) is 22.2 Å². The van der Waals surface area contributed by atoms with E-state index in [0.717, 1.165) is 10.0 Å². The zero-order valence-corrected chi connectivity index (χ0v) is 14.8. The number of thioether (sulfide) groups is 1. The van der Waals surface area contributed by atoms with Crippen LogP contribution in [-0.2, 0) is 4.79 Å². The van der Waals surface area contributed by atoms with Crippen LogP contribution in [0.3, 0.4) is 0 Å². The molecule has 2 rings (SSSR count). The van der Waals surface area contributed by atoms with Crippen molar-refractivity contribution in [2.75, 3.05) is 12.9 Å². The number of benzene rings is 1. The zero-order chi connectivity index (χ0) is 16.1. The molecule has 0 spiro atoms. The maximum atomic E-state index is 11.0. The third kappa shape index (κ3) is 4.48. The lowest BCUT2D eigenvalue weighted by Crippen LogP contribution is -2.19. The van der Waals surface area contributed by atoms with Gasteiger partial charge in [0, 0.05) is 10.0 Å². The number of methoxy groups -OCH3 is 1. The molecule has 6 nitrogen and oxygen atoms in total. The van der Waals surface area contributed by atoms with Gasteiger partial charge >= 0.3 is 0 Å². The predicted molar refractivity (Wildman–Crippen MR) is 92.1 cm³/mol. The number of carbonyl (C=O) groups is 1. The van der Waals surface area contributed by atoms with Crippen molar-refractivity contribution in [2.45, 2.75) is 20.0 Å². The summed E-state index contributed by atoms with van der Waals surface area (Å²) in [7, 11) is 1.59. The Balaban J connectivity index is 2.19. The summed E-state index contributed by atoms with van der Waals surface area (Å²) in [6.45, 7) is 3.90. The highest BCUT2D eigenvalue weighted by Gasteiger charge is 2.16. The first kappa shape index (κ1) is 16.8. The van der Waals surface area contributed by atoms with E-state index in [1.54, 1.807) is 13.3 Å². The molecule has 1 saturated heterocycles. The highest BCUT2D eigenvalue weighted by molar-refractivity contribution is 9.10. The number of hydrogen-bond donors (Lipinski definition) is 1. The zero-order valence-electron chi connectivity index (χ0n) is 12.4. The van der Waals surface area contributed by atoms with Gasteiger partial charge < -0.3 is 14.8 Å². The molecule has 1 aromatic carbocycles. The SMILES string of the molecule is COc1cc(C=NN=C2NC(=O)CS2)c(Br)cc1OC(C)C. The van der Waals surface area contributed by atoms with Gasteiger partial charge in [0.1, 0.15) is 0 Å². The van der Waals surface area contributed by atoms with E-state index in [-0.39, 0.29) is 12.0 Å². The molecular weight excluding hydrogens is 370 g/mol. The fourth-order valence-electron chi connectivity index (χ4n) is 1.68. The molecule has 118 valence electrons. The van der Waals surface area contributed by atoms with Gasteiger partial charge in [-0.2, -0.15) is 5.10 Å².